The van der Waals surface area contributed by atoms with E-state index in [4.69, 9.17) is 17.0 Å². The van der Waals surface area contributed by atoms with Gasteiger partial charge in [-0.3, -0.25) is 9.69 Å². The largest absolute Gasteiger partial charge is 0.492 e. The highest BCUT2D eigenvalue weighted by Gasteiger charge is 2.31. The molecule has 122 valence electrons. The van der Waals surface area contributed by atoms with E-state index in [1.807, 2.05) is 67.6 Å². The molecule has 5 heteroatoms. The molecular weight excluding hydrogens is 338 g/mol. The fourth-order valence-electron chi connectivity index (χ4n) is 2.38. The maximum absolute atomic E-state index is 12.5. The van der Waals surface area contributed by atoms with E-state index in [2.05, 4.69) is 0 Å². The summed E-state index contributed by atoms with van der Waals surface area (Å²) in [5.74, 6) is 0.737. The van der Waals surface area contributed by atoms with E-state index in [9.17, 15) is 4.79 Å². The zero-order valence-corrected chi connectivity index (χ0v) is 14.9. The molecular formula is C19H17NO2S2. The van der Waals surface area contributed by atoms with Gasteiger partial charge < -0.3 is 4.74 Å². The molecule has 1 fully saturated rings. The van der Waals surface area contributed by atoms with Crippen LogP contribution in [0, 0.1) is 6.92 Å². The molecule has 0 aliphatic carbocycles. The Balaban J connectivity index is 1.63. The van der Waals surface area contributed by atoms with Gasteiger partial charge in [-0.2, -0.15) is 0 Å². The van der Waals surface area contributed by atoms with Crippen LogP contribution in [0.2, 0.25) is 0 Å². The van der Waals surface area contributed by atoms with Crippen LogP contribution in [0.3, 0.4) is 0 Å². The third-order valence-corrected chi connectivity index (χ3v) is 4.92. The predicted octanol–water partition coefficient (Wildman–Crippen LogP) is 4.28. The monoisotopic (exact) mass is 355 g/mol. The molecule has 0 atom stereocenters. The Hall–Kier alpha value is -2.11. The maximum atomic E-state index is 12.5. The number of thiocarbonyl (C=S) groups is 1. The molecule has 1 aliphatic heterocycles. The van der Waals surface area contributed by atoms with Crippen molar-refractivity contribution in [2.45, 2.75) is 6.92 Å². The van der Waals surface area contributed by atoms with Gasteiger partial charge in [-0.05, 0) is 30.7 Å². The Morgan fingerprint density at radius 3 is 2.71 bits per heavy atom. The highest BCUT2D eigenvalue weighted by atomic mass is 32.2. The van der Waals surface area contributed by atoms with Crippen molar-refractivity contribution in [3.63, 3.8) is 0 Å². The first-order valence-corrected chi connectivity index (χ1v) is 8.86. The number of aryl methyl sites for hydroxylation is 1. The standard InChI is InChI=1S/C19H17NO2S2/c1-14-6-5-7-15(12-14)13-17-18(21)20(19(23)24-17)10-11-22-16-8-3-2-4-9-16/h2-9,12-13H,10-11H2,1H3/b17-13-. The summed E-state index contributed by atoms with van der Waals surface area (Å²) in [6.45, 7) is 2.89. The second kappa shape index (κ2) is 7.64. The van der Waals surface area contributed by atoms with Gasteiger partial charge in [0.2, 0.25) is 0 Å². The highest BCUT2D eigenvalue weighted by Crippen LogP contribution is 2.32. The quantitative estimate of drug-likeness (QED) is 0.592. The van der Waals surface area contributed by atoms with Crippen LogP contribution in [0.15, 0.2) is 59.5 Å². The third kappa shape index (κ3) is 4.04. The predicted molar refractivity (Wildman–Crippen MR) is 103 cm³/mol. The van der Waals surface area contributed by atoms with Crippen molar-refractivity contribution in [2.75, 3.05) is 13.2 Å². The number of hydrogen-bond acceptors (Lipinski definition) is 4. The van der Waals surface area contributed by atoms with E-state index in [0.717, 1.165) is 16.9 Å². The summed E-state index contributed by atoms with van der Waals surface area (Å²) in [5.41, 5.74) is 2.17. The normalized spacial score (nSPS) is 16.0. The second-order valence-electron chi connectivity index (χ2n) is 5.41. The number of benzene rings is 2. The second-order valence-corrected chi connectivity index (χ2v) is 7.08. The average molecular weight is 355 g/mol. The number of rotatable bonds is 5. The number of carbonyl (C=O) groups excluding carboxylic acids is 1. The van der Waals surface area contributed by atoms with E-state index in [1.165, 1.54) is 11.8 Å². The van der Waals surface area contributed by atoms with Crippen molar-refractivity contribution in [1.29, 1.82) is 0 Å². The summed E-state index contributed by atoms with van der Waals surface area (Å²) < 4.78 is 6.23. The molecule has 0 spiro atoms. The van der Waals surface area contributed by atoms with Gasteiger partial charge in [0, 0.05) is 0 Å². The van der Waals surface area contributed by atoms with Gasteiger partial charge in [-0.15, -0.1) is 0 Å². The zero-order valence-electron chi connectivity index (χ0n) is 13.3. The van der Waals surface area contributed by atoms with Gasteiger partial charge in [0.25, 0.3) is 5.91 Å². The summed E-state index contributed by atoms with van der Waals surface area (Å²) in [4.78, 5) is 14.8. The van der Waals surface area contributed by atoms with Crippen molar-refractivity contribution in [1.82, 2.24) is 4.90 Å². The lowest BCUT2D eigenvalue weighted by Gasteiger charge is -2.14. The van der Waals surface area contributed by atoms with Crippen molar-refractivity contribution in [3.05, 3.63) is 70.6 Å². The molecule has 1 heterocycles. The fraction of sp³-hybridized carbons (Fsp3) is 0.158. The van der Waals surface area contributed by atoms with Crippen molar-refractivity contribution >= 4 is 40.3 Å². The maximum Gasteiger partial charge on any atom is 0.266 e. The zero-order chi connectivity index (χ0) is 16.9. The van der Waals surface area contributed by atoms with E-state index in [0.29, 0.717) is 22.4 Å². The lowest BCUT2D eigenvalue weighted by atomic mass is 10.1. The van der Waals surface area contributed by atoms with Gasteiger partial charge in [-0.25, -0.2) is 0 Å². The molecule has 0 aromatic heterocycles. The van der Waals surface area contributed by atoms with Crippen LogP contribution in [0.1, 0.15) is 11.1 Å². The molecule has 3 nitrogen and oxygen atoms in total. The molecule has 0 bridgehead atoms. The molecule has 1 amide bonds. The molecule has 24 heavy (non-hydrogen) atoms. The van der Waals surface area contributed by atoms with E-state index < -0.39 is 0 Å². The Morgan fingerprint density at radius 1 is 1.17 bits per heavy atom. The molecule has 1 saturated heterocycles. The van der Waals surface area contributed by atoms with Crippen LogP contribution in [-0.4, -0.2) is 28.3 Å². The first kappa shape index (κ1) is 16.7. The molecule has 0 N–H and O–H groups in total. The first-order chi connectivity index (χ1) is 11.6. The summed E-state index contributed by atoms with van der Waals surface area (Å²) in [6.07, 6.45) is 1.89. The van der Waals surface area contributed by atoms with Crippen LogP contribution >= 0.6 is 24.0 Å². The smallest absolute Gasteiger partial charge is 0.266 e. The summed E-state index contributed by atoms with van der Waals surface area (Å²) in [6, 6.07) is 17.6. The van der Waals surface area contributed by atoms with E-state index >= 15 is 0 Å². The average Bonchev–Trinajstić information content (AvgIpc) is 2.83. The van der Waals surface area contributed by atoms with Gasteiger partial charge in [0.05, 0.1) is 11.4 Å². The molecule has 2 aromatic rings. The molecule has 1 aliphatic rings. The molecule has 0 radical (unpaired) electrons. The van der Waals surface area contributed by atoms with Crippen molar-refractivity contribution < 1.29 is 9.53 Å². The summed E-state index contributed by atoms with van der Waals surface area (Å²) in [7, 11) is 0. The van der Waals surface area contributed by atoms with Crippen LogP contribution in [-0.2, 0) is 4.79 Å². The Bertz CT molecular complexity index is 787. The van der Waals surface area contributed by atoms with Crippen molar-refractivity contribution in [3.8, 4) is 5.75 Å². The first-order valence-electron chi connectivity index (χ1n) is 7.63. The van der Waals surface area contributed by atoms with Gasteiger partial charge in [-0.1, -0.05) is 72.0 Å². The van der Waals surface area contributed by atoms with Crippen molar-refractivity contribution in [2.24, 2.45) is 0 Å². The molecule has 0 unspecified atom stereocenters. The minimum atomic E-state index is -0.0526. The number of para-hydroxylation sites is 1. The molecule has 0 saturated carbocycles. The number of carbonyl (C=O) groups is 1. The molecule has 2 aromatic carbocycles. The topological polar surface area (TPSA) is 29.5 Å². The third-order valence-electron chi connectivity index (χ3n) is 3.54. The number of nitrogens with zero attached hydrogens (tertiary/aromatic N) is 1. The summed E-state index contributed by atoms with van der Waals surface area (Å²) in [5, 5.41) is 0. The highest BCUT2D eigenvalue weighted by molar-refractivity contribution is 8.26. The number of amides is 1. The van der Waals surface area contributed by atoms with Crippen LogP contribution in [0.5, 0.6) is 5.75 Å². The Morgan fingerprint density at radius 2 is 1.96 bits per heavy atom. The van der Waals surface area contributed by atoms with Crippen LogP contribution in [0.25, 0.3) is 6.08 Å². The van der Waals surface area contributed by atoms with Crippen LogP contribution < -0.4 is 4.74 Å². The SMILES string of the molecule is Cc1cccc(/C=C2\SC(=S)N(CCOc3ccccc3)C2=O)c1. The molecule has 3 rings (SSSR count). The van der Waals surface area contributed by atoms with Crippen LogP contribution in [0.4, 0.5) is 0 Å². The lowest BCUT2D eigenvalue weighted by molar-refractivity contribution is -0.122. The summed E-state index contributed by atoms with van der Waals surface area (Å²) >= 11 is 6.68. The minimum Gasteiger partial charge on any atom is -0.492 e. The van der Waals surface area contributed by atoms with E-state index in [-0.39, 0.29) is 5.91 Å². The van der Waals surface area contributed by atoms with E-state index in [1.54, 1.807) is 4.90 Å². The fourth-order valence-corrected chi connectivity index (χ4v) is 3.68. The Labute approximate surface area is 151 Å². The lowest BCUT2D eigenvalue weighted by Crippen LogP contribution is -2.32. The number of hydrogen-bond donors (Lipinski definition) is 0. The Kier molecular flexibility index (Phi) is 5.33. The van der Waals surface area contributed by atoms with Gasteiger partial charge >= 0.3 is 0 Å². The minimum absolute atomic E-state index is 0.0526. The number of thioether (sulfide) groups is 1. The van der Waals surface area contributed by atoms with Gasteiger partial charge in [0.15, 0.2) is 0 Å². The number of ether oxygens (including phenoxy) is 1. The van der Waals surface area contributed by atoms with Gasteiger partial charge in [0.1, 0.15) is 16.7 Å².